The van der Waals surface area contributed by atoms with Gasteiger partial charge in [-0.2, -0.15) is 0 Å². The second-order valence-corrected chi connectivity index (χ2v) is 9.48. The van der Waals surface area contributed by atoms with E-state index in [0.717, 1.165) is 16.7 Å². The van der Waals surface area contributed by atoms with Gasteiger partial charge in [0.25, 0.3) is 11.1 Å². The number of amides is 2. The lowest BCUT2D eigenvalue weighted by Gasteiger charge is -2.14. The lowest BCUT2D eigenvalue weighted by molar-refractivity contribution is -0.123. The van der Waals surface area contributed by atoms with Crippen molar-refractivity contribution in [3.8, 4) is 23.0 Å². The van der Waals surface area contributed by atoms with E-state index in [9.17, 15) is 14.0 Å². The summed E-state index contributed by atoms with van der Waals surface area (Å²) >= 11 is 7.18. The molecule has 190 valence electrons. The van der Waals surface area contributed by atoms with Crippen molar-refractivity contribution in [3.63, 3.8) is 0 Å². The molecule has 0 bridgehead atoms. The quantitative estimate of drug-likeness (QED) is 0.304. The zero-order valence-corrected chi connectivity index (χ0v) is 21.2. The molecule has 1 fully saturated rings. The average molecular weight is 542 g/mol. The Morgan fingerprint density at radius 1 is 1.03 bits per heavy atom. The molecule has 0 unspecified atom stereocenters. The molecule has 0 spiro atoms. The Labute approximate surface area is 221 Å². The number of ether oxygens (including phenoxy) is 4. The van der Waals surface area contributed by atoms with Gasteiger partial charge in [0, 0.05) is 16.7 Å². The summed E-state index contributed by atoms with van der Waals surface area (Å²) in [6.07, 6.45) is 1.62. The molecular formula is C27H21ClFNO6S. The van der Waals surface area contributed by atoms with Gasteiger partial charge in [-0.05, 0) is 60.2 Å². The molecule has 3 aromatic carbocycles. The molecule has 0 aliphatic carbocycles. The second kappa shape index (κ2) is 10.7. The van der Waals surface area contributed by atoms with Crippen LogP contribution in [-0.2, 0) is 17.9 Å². The van der Waals surface area contributed by atoms with E-state index < -0.39 is 11.1 Å². The molecule has 7 nitrogen and oxygen atoms in total. The molecule has 2 aliphatic rings. The number of halogens is 2. The lowest BCUT2D eigenvalue weighted by atomic mass is 10.1. The molecule has 37 heavy (non-hydrogen) atoms. The van der Waals surface area contributed by atoms with E-state index in [1.807, 2.05) is 6.92 Å². The monoisotopic (exact) mass is 541 g/mol. The van der Waals surface area contributed by atoms with E-state index >= 15 is 0 Å². The van der Waals surface area contributed by atoms with Crippen LogP contribution in [0.5, 0.6) is 23.0 Å². The fourth-order valence-electron chi connectivity index (χ4n) is 3.81. The number of carbonyl (C=O) groups excluding carboxylic acids is 2. The van der Waals surface area contributed by atoms with Crippen LogP contribution in [-0.4, -0.2) is 29.4 Å². The van der Waals surface area contributed by atoms with Gasteiger partial charge in [0.2, 0.25) is 6.79 Å². The molecule has 5 rings (SSSR count). The number of thioether (sulfide) groups is 1. The topological polar surface area (TPSA) is 74.3 Å². The average Bonchev–Trinajstić information content (AvgIpc) is 3.43. The summed E-state index contributed by atoms with van der Waals surface area (Å²) < 4.78 is 36.1. The summed E-state index contributed by atoms with van der Waals surface area (Å²) in [5.41, 5.74) is 1.64. The van der Waals surface area contributed by atoms with Crippen LogP contribution >= 0.6 is 23.4 Å². The fourth-order valence-corrected chi connectivity index (χ4v) is 4.86. The van der Waals surface area contributed by atoms with Gasteiger partial charge in [-0.3, -0.25) is 14.5 Å². The largest absolute Gasteiger partial charge is 0.490 e. The summed E-state index contributed by atoms with van der Waals surface area (Å²) in [6.45, 7) is 2.35. The minimum absolute atomic E-state index is 0.00446. The maximum Gasteiger partial charge on any atom is 0.293 e. The van der Waals surface area contributed by atoms with Crippen LogP contribution in [0.15, 0.2) is 59.5 Å². The number of benzene rings is 3. The molecular weight excluding hydrogens is 521 g/mol. The van der Waals surface area contributed by atoms with Crippen molar-refractivity contribution in [1.29, 1.82) is 0 Å². The third-order valence-corrected chi connectivity index (χ3v) is 6.91. The molecule has 0 saturated carbocycles. The second-order valence-electron chi connectivity index (χ2n) is 8.08. The highest BCUT2D eigenvalue weighted by Gasteiger charge is 2.35. The summed E-state index contributed by atoms with van der Waals surface area (Å²) in [6, 6.07) is 14.8. The van der Waals surface area contributed by atoms with Crippen LogP contribution < -0.4 is 18.9 Å². The third kappa shape index (κ3) is 5.38. The van der Waals surface area contributed by atoms with Crippen LogP contribution in [0.3, 0.4) is 0 Å². The van der Waals surface area contributed by atoms with Crippen molar-refractivity contribution in [2.45, 2.75) is 20.1 Å². The molecule has 3 aromatic rings. The summed E-state index contributed by atoms with van der Waals surface area (Å²) in [5.74, 6) is 1.14. The first kappa shape index (κ1) is 25.0. The van der Waals surface area contributed by atoms with Gasteiger partial charge in [-0.15, -0.1) is 0 Å². The predicted molar refractivity (Wildman–Crippen MR) is 137 cm³/mol. The van der Waals surface area contributed by atoms with Gasteiger partial charge in [-0.1, -0.05) is 35.9 Å². The number of hydrogen-bond donors (Lipinski definition) is 0. The van der Waals surface area contributed by atoms with Crippen LogP contribution in [0.4, 0.5) is 9.18 Å². The molecule has 0 atom stereocenters. The van der Waals surface area contributed by atoms with Crippen molar-refractivity contribution in [3.05, 3.63) is 87.0 Å². The number of nitrogens with zero attached hydrogens (tertiary/aromatic N) is 1. The Kier molecular flexibility index (Phi) is 7.25. The highest BCUT2D eigenvalue weighted by atomic mass is 35.5. The van der Waals surface area contributed by atoms with Gasteiger partial charge in [0.15, 0.2) is 23.0 Å². The van der Waals surface area contributed by atoms with E-state index in [4.69, 9.17) is 30.5 Å². The van der Waals surface area contributed by atoms with E-state index in [0.29, 0.717) is 51.3 Å². The van der Waals surface area contributed by atoms with E-state index in [-0.39, 0.29) is 30.7 Å². The smallest absolute Gasteiger partial charge is 0.293 e. The molecule has 10 heteroatoms. The predicted octanol–water partition coefficient (Wildman–Crippen LogP) is 6.42. The zero-order chi connectivity index (χ0) is 25.9. The van der Waals surface area contributed by atoms with Gasteiger partial charge < -0.3 is 18.9 Å². The number of imide groups is 1. The van der Waals surface area contributed by atoms with Crippen LogP contribution in [0.2, 0.25) is 5.02 Å². The number of rotatable bonds is 8. The molecule has 1 saturated heterocycles. The fraction of sp³-hybridized carbons (Fsp3) is 0.185. The van der Waals surface area contributed by atoms with Gasteiger partial charge in [-0.25, -0.2) is 4.39 Å². The number of hydrogen-bond acceptors (Lipinski definition) is 7. The maximum absolute atomic E-state index is 13.9. The van der Waals surface area contributed by atoms with Crippen molar-refractivity contribution in [2.24, 2.45) is 0 Å². The Bertz CT molecular complexity index is 1410. The highest BCUT2D eigenvalue weighted by molar-refractivity contribution is 8.18. The van der Waals surface area contributed by atoms with Gasteiger partial charge in [0.1, 0.15) is 12.4 Å². The summed E-state index contributed by atoms with van der Waals surface area (Å²) in [7, 11) is 0. The molecule has 2 heterocycles. The van der Waals surface area contributed by atoms with Crippen LogP contribution in [0.1, 0.15) is 23.6 Å². The normalized spacial score (nSPS) is 15.5. The summed E-state index contributed by atoms with van der Waals surface area (Å²) in [5, 5.41) is -0.0283. The van der Waals surface area contributed by atoms with Gasteiger partial charge >= 0.3 is 0 Å². The Morgan fingerprint density at radius 2 is 1.81 bits per heavy atom. The minimum atomic E-state index is -0.429. The van der Waals surface area contributed by atoms with E-state index in [1.54, 1.807) is 54.6 Å². The van der Waals surface area contributed by atoms with Crippen molar-refractivity contribution >= 4 is 40.6 Å². The van der Waals surface area contributed by atoms with Crippen molar-refractivity contribution < 1.29 is 32.9 Å². The number of carbonyl (C=O) groups is 2. The van der Waals surface area contributed by atoms with Crippen LogP contribution in [0, 0.1) is 5.82 Å². The molecule has 0 radical (unpaired) electrons. The standard InChI is InChI=1S/C27H21ClFNO6S/c1-2-33-22-9-16(7-8-21(22)34-14-17-5-3-4-6-20(17)29)10-25-26(31)30(27(32)37-25)13-18-11-23-24(12-19(18)28)36-15-35-23/h3-12H,2,13-15H2,1H3/b25-10+. The maximum atomic E-state index is 13.9. The van der Waals surface area contributed by atoms with Gasteiger partial charge in [0.05, 0.1) is 18.1 Å². The molecule has 2 aliphatic heterocycles. The minimum Gasteiger partial charge on any atom is -0.490 e. The highest BCUT2D eigenvalue weighted by Crippen LogP contribution is 2.40. The zero-order valence-electron chi connectivity index (χ0n) is 19.7. The number of fused-ring (bicyclic) bond motifs is 1. The Hall–Kier alpha value is -3.69. The van der Waals surface area contributed by atoms with Crippen molar-refractivity contribution in [1.82, 2.24) is 4.90 Å². The first-order valence-corrected chi connectivity index (χ1v) is 12.6. The molecule has 2 amide bonds. The SMILES string of the molecule is CCOc1cc(/C=C2/SC(=O)N(Cc3cc4c(cc3Cl)OCO4)C2=O)ccc1OCc1ccccc1F. The van der Waals surface area contributed by atoms with E-state index in [2.05, 4.69) is 0 Å². The third-order valence-electron chi connectivity index (χ3n) is 5.65. The first-order chi connectivity index (χ1) is 17.9. The molecule has 0 aromatic heterocycles. The first-order valence-electron chi connectivity index (χ1n) is 11.4. The van der Waals surface area contributed by atoms with E-state index in [1.165, 1.54) is 6.07 Å². The Morgan fingerprint density at radius 3 is 2.59 bits per heavy atom. The lowest BCUT2D eigenvalue weighted by Crippen LogP contribution is -2.27. The Balaban J connectivity index is 1.33. The summed E-state index contributed by atoms with van der Waals surface area (Å²) in [4.78, 5) is 27.1. The van der Waals surface area contributed by atoms with Crippen molar-refractivity contribution in [2.75, 3.05) is 13.4 Å². The molecule has 0 N–H and O–H groups in total. The van der Waals surface area contributed by atoms with Crippen LogP contribution in [0.25, 0.3) is 6.08 Å².